The Morgan fingerprint density at radius 3 is 2.53 bits per heavy atom. The van der Waals surface area contributed by atoms with Crippen molar-refractivity contribution < 1.29 is 5.11 Å². The fraction of sp³-hybridized carbons (Fsp3) is 0.562. The first-order valence-corrected chi connectivity index (χ1v) is 7.16. The minimum Gasteiger partial charge on any atom is -0.392 e. The van der Waals surface area contributed by atoms with Gasteiger partial charge in [-0.25, -0.2) is 4.98 Å². The van der Waals surface area contributed by atoms with E-state index in [2.05, 4.69) is 43.3 Å². The first kappa shape index (κ1) is 14.1. The number of hydrogen-bond acceptors (Lipinski definition) is 2. The molecule has 0 saturated carbocycles. The van der Waals surface area contributed by atoms with Gasteiger partial charge in [-0.3, -0.25) is 0 Å². The molecule has 3 nitrogen and oxygen atoms in total. The second-order valence-electron chi connectivity index (χ2n) is 5.64. The Bertz CT molecular complexity index is 545. The number of aliphatic hydroxyl groups excluding tert-OH is 1. The van der Waals surface area contributed by atoms with Gasteiger partial charge in [-0.1, -0.05) is 32.9 Å². The lowest BCUT2D eigenvalue weighted by atomic mass is 9.90. The third-order valence-corrected chi connectivity index (χ3v) is 4.10. The predicted molar refractivity (Wildman–Crippen MR) is 79.1 cm³/mol. The summed E-state index contributed by atoms with van der Waals surface area (Å²) in [5, 5.41) is 10.3. The molecule has 1 N–H and O–H groups in total. The molecular weight excluding hydrogens is 236 g/mol. The Kier molecular flexibility index (Phi) is 4.25. The van der Waals surface area contributed by atoms with E-state index in [1.165, 1.54) is 0 Å². The highest BCUT2D eigenvalue weighted by Gasteiger charge is 2.21. The van der Waals surface area contributed by atoms with E-state index >= 15 is 0 Å². The van der Waals surface area contributed by atoms with Crippen LogP contribution >= 0.6 is 0 Å². The number of benzene rings is 1. The SMILES string of the molecule is CCn1c(CC(O)C(C)C(C)C)nc2ccccc21. The molecule has 0 radical (unpaired) electrons. The fourth-order valence-electron chi connectivity index (χ4n) is 2.45. The zero-order valence-electron chi connectivity index (χ0n) is 12.3. The predicted octanol–water partition coefficient (Wildman–Crippen LogP) is 3.25. The summed E-state index contributed by atoms with van der Waals surface area (Å²) in [4.78, 5) is 4.67. The average Bonchev–Trinajstić information content (AvgIpc) is 2.74. The molecule has 104 valence electrons. The molecule has 19 heavy (non-hydrogen) atoms. The molecule has 0 aliphatic heterocycles. The Morgan fingerprint density at radius 1 is 1.21 bits per heavy atom. The average molecular weight is 260 g/mol. The van der Waals surface area contributed by atoms with Gasteiger partial charge in [-0.15, -0.1) is 0 Å². The lowest BCUT2D eigenvalue weighted by molar-refractivity contribution is 0.0896. The molecule has 2 unspecified atom stereocenters. The minimum atomic E-state index is -0.331. The molecule has 0 fully saturated rings. The highest BCUT2D eigenvalue weighted by molar-refractivity contribution is 5.75. The number of para-hydroxylation sites is 2. The molecule has 1 aromatic carbocycles. The number of hydrogen-bond donors (Lipinski definition) is 1. The Balaban J connectivity index is 2.30. The maximum absolute atomic E-state index is 10.3. The van der Waals surface area contributed by atoms with E-state index in [0.29, 0.717) is 12.3 Å². The number of imidazole rings is 1. The number of fused-ring (bicyclic) bond motifs is 1. The molecule has 0 saturated heterocycles. The van der Waals surface area contributed by atoms with E-state index < -0.39 is 0 Å². The largest absolute Gasteiger partial charge is 0.392 e. The number of nitrogens with zero attached hydrogens (tertiary/aromatic N) is 2. The Morgan fingerprint density at radius 2 is 1.89 bits per heavy atom. The Labute approximate surface area is 115 Å². The monoisotopic (exact) mass is 260 g/mol. The van der Waals surface area contributed by atoms with Crippen LogP contribution in [0.15, 0.2) is 24.3 Å². The highest BCUT2D eigenvalue weighted by atomic mass is 16.3. The number of aliphatic hydroxyl groups is 1. The quantitative estimate of drug-likeness (QED) is 0.896. The first-order chi connectivity index (χ1) is 9.04. The van der Waals surface area contributed by atoms with E-state index in [0.717, 1.165) is 23.4 Å². The maximum Gasteiger partial charge on any atom is 0.112 e. The summed E-state index contributed by atoms with van der Waals surface area (Å²) < 4.78 is 2.20. The lowest BCUT2D eigenvalue weighted by Crippen LogP contribution is -2.26. The molecule has 1 heterocycles. The third kappa shape index (κ3) is 2.81. The van der Waals surface area contributed by atoms with Gasteiger partial charge in [0.25, 0.3) is 0 Å². The van der Waals surface area contributed by atoms with Crippen molar-refractivity contribution in [1.29, 1.82) is 0 Å². The molecule has 3 heteroatoms. The maximum atomic E-state index is 10.3. The molecule has 2 atom stereocenters. The highest BCUT2D eigenvalue weighted by Crippen LogP contribution is 2.21. The van der Waals surface area contributed by atoms with Crippen LogP contribution < -0.4 is 0 Å². The smallest absolute Gasteiger partial charge is 0.112 e. The minimum absolute atomic E-state index is 0.283. The van der Waals surface area contributed by atoms with Crippen molar-refractivity contribution in [3.05, 3.63) is 30.1 Å². The van der Waals surface area contributed by atoms with Gasteiger partial charge in [0, 0.05) is 13.0 Å². The summed E-state index contributed by atoms with van der Waals surface area (Å²) in [6.45, 7) is 9.41. The molecule has 0 amide bonds. The molecule has 0 aliphatic carbocycles. The van der Waals surface area contributed by atoms with Crippen molar-refractivity contribution in [3.63, 3.8) is 0 Å². The van der Waals surface area contributed by atoms with Gasteiger partial charge in [0.1, 0.15) is 5.82 Å². The normalized spacial score (nSPS) is 15.1. The van der Waals surface area contributed by atoms with Crippen LogP contribution in [0.3, 0.4) is 0 Å². The van der Waals surface area contributed by atoms with E-state index in [-0.39, 0.29) is 12.0 Å². The van der Waals surface area contributed by atoms with Crippen molar-refractivity contribution in [2.75, 3.05) is 0 Å². The van der Waals surface area contributed by atoms with Crippen molar-refractivity contribution in [3.8, 4) is 0 Å². The van der Waals surface area contributed by atoms with Crippen molar-refractivity contribution in [1.82, 2.24) is 9.55 Å². The van der Waals surface area contributed by atoms with Gasteiger partial charge in [0.05, 0.1) is 17.1 Å². The van der Waals surface area contributed by atoms with Gasteiger partial charge < -0.3 is 9.67 Å². The molecule has 1 aromatic heterocycles. The fourth-order valence-corrected chi connectivity index (χ4v) is 2.45. The molecule has 2 aromatic rings. The van der Waals surface area contributed by atoms with Gasteiger partial charge in [0.15, 0.2) is 0 Å². The zero-order valence-corrected chi connectivity index (χ0v) is 12.3. The van der Waals surface area contributed by atoms with Crippen LogP contribution in [0.2, 0.25) is 0 Å². The second-order valence-corrected chi connectivity index (χ2v) is 5.64. The summed E-state index contributed by atoms with van der Waals surface area (Å²) in [5.74, 6) is 1.75. The zero-order chi connectivity index (χ0) is 14.0. The van der Waals surface area contributed by atoms with Crippen LogP contribution in [-0.2, 0) is 13.0 Å². The standard InChI is InChI=1S/C16H24N2O/c1-5-18-14-9-7-6-8-13(14)17-16(18)10-15(19)12(4)11(2)3/h6-9,11-12,15,19H,5,10H2,1-4H3. The summed E-state index contributed by atoms with van der Waals surface area (Å²) in [7, 11) is 0. The Hall–Kier alpha value is -1.35. The van der Waals surface area contributed by atoms with Crippen LogP contribution in [-0.4, -0.2) is 20.8 Å². The number of rotatable bonds is 5. The van der Waals surface area contributed by atoms with Gasteiger partial charge in [0.2, 0.25) is 0 Å². The van der Waals surface area contributed by atoms with Crippen LogP contribution in [0.4, 0.5) is 0 Å². The van der Waals surface area contributed by atoms with Crippen molar-refractivity contribution >= 4 is 11.0 Å². The number of aromatic nitrogens is 2. The van der Waals surface area contributed by atoms with E-state index in [1.54, 1.807) is 0 Å². The van der Waals surface area contributed by atoms with Crippen LogP contribution in [0.1, 0.15) is 33.5 Å². The molecular formula is C16H24N2O. The second kappa shape index (κ2) is 5.74. The summed E-state index contributed by atoms with van der Waals surface area (Å²) in [6, 6.07) is 8.16. The van der Waals surface area contributed by atoms with Crippen LogP contribution in [0.25, 0.3) is 11.0 Å². The van der Waals surface area contributed by atoms with Gasteiger partial charge in [-0.2, -0.15) is 0 Å². The van der Waals surface area contributed by atoms with Crippen LogP contribution in [0.5, 0.6) is 0 Å². The summed E-state index contributed by atoms with van der Waals surface area (Å²) in [5.41, 5.74) is 2.17. The molecule has 2 rings (SSSR count). The number of aryl methyl sites for hydroxylation is 1. The summed E-state index contributed by atoms with van der Waals surface area (Å²) in [6.07, 6.45) is 0.295. The van der Waals surface area contributed by atoms with Gasteiger partial charge in [-0.05, 0) is 30.9 Å². The van der Waals surface area contributed by atoms with Crippen molar-refractivity contribution in [2.24, 2.45) is 11.8 Å². The van der Waals surface area contributed by atoms with E-state index in [1.807, 2.05) is 18.2 Å². The van der Waals surface area contributed by atoms with Gasteiger partial charge >= 0.3 is 0 Å². The topological polar surface area (TPSA) is 38.0 Å². The van der Waals surface area contributed by atoms with E-state index in [9.17, 15) is 5.11 Å². The van der Waals surface area contributed by atoms with Crippen LogP contribution in [0, 0.1) is 11.8 Å². The first-order valence-electron chi connectivity index (χ1n) is 7.16. The molecule has 0 bridgehead atoms. The lowest BCUT2D eigenvalue weighted by Gasteiger charge is -2.22. The molecule has 0 spiro atoms. The van der Waals surface area contributed by atoms with Crippen molar-refractivity contribution in [2.45, 2.75) is 46.8 Å². The molecule has 0 aliphatic rings. The third-order valence-electron chi connectivity index (χ3n) is 4.10. The van der Waals surface area contributed by atoms with E-state index in [4.69, 9.17) is 0 Å². The summed E-state index contributed by atoms with van der Waals surface area (Å²) >= 11 is 0.